The van der Waals surface area contributed by atoms with Gasteiger partial charge in [-0.2, -0.15) is 0 Å². The standard InChI is InChI=1S/C14H11NO3/c1-2-17-9-6-7-10-13(8-9)18-12-5-3-4-11(16)14(12)15-10/h3-8H,2H2,1H3. The molecule has 4 heteroatoms. The minimum atomic E-state index is -0.132. The number of rotatable bonds is 2. The molecule has 1 heterocycles. The Morgan fingerprint density at radius 2 is 2.17 bits per heavy atom. The maximum absolute atomic E-state index is 11.6. The molecule has 0 atom stereocenters. The molecule has 90 valence electrons. The van der Waals surface area contributed by atoms with Gasteiger partial charge in [0, 0.05) is 6.07 Å². The van der Waals surface area contributed by atoms with E-state index in [1.807, 2.05) is 13.0 Å². The van der Waals surface area contributed by atoms with Crippen LogP contribution in [0.4, 0.5) is 0 Å². The topological polar surface area (TPSA) is 52.3 Å². The lowest BCUT2D eigenvalue weighted by Gasteiger charge is -2.07. The van der Waals surface area contributed by atoms with Crippen LogP contribution >= 0.6 is 0 Å². The van der Waals surface area contributed by atoms with Crippen molar-refractivity contribution in [2.75, 3.05) is 6.61 Å². The molecule has 0 amide bonds. The predicted molar refractivity (Wildman–Crippen MR) is 68.1 cm³/mol. The fourth-order valence-corrected chi connectivity index (χ4v) is 1.86. The maximum Gasteiger partial charge on any atom is 0.208 e. The summed E-state index contributed by atoms with van der Waals surface area (Å²) < 4.78 is 11.1. The van der Waals surface area contributed by atoms with Crippen molar-refractivity contribution in [3.05, 3.63) is 46.6 Å². The minimum absolute atomic E-state index is 0.132. The molecule has 0 bridgehead atoms. The number of hydrogen-bond donors (Lipinski definition) is 0. The summed E-state index contributed by atoms with van der Waals surface area (Å²) in [5, 5.41) is 0. The second-order valence-corrected chi connectivity index (χ2v) is 3.88. The van der Waals surface area contributed by atoms with Crippen LogP contribution < -0.4 is 10.2 Å². The average molecular weight is 241 g/mol. The Hall–Kier alpha value is -2.36. The van der Waals surface area contributed by atoms with E-state index in [0.29, 0.717) is 29.2 Å². The molecular formula is C14H11NO3. The van der Waals surface area contributed by atoms with Gasteiger partial charge in [-0.25, -0.2) is 4.98 Å². The lowest BCUT2D eigenvalue weighted by molar-refractivity contribution is 0.340. The van der Waals surface area contributed by atoms with E-state index in [1.165, 1.54) is 6.07 Å². The monoisotopic (exact) mass is 241 g/mol. The van der Waals surface area contributed by atoms with Crippen LogP contribution in [-0.4, -0.2) is 11.6 Å². The second-order valence-electron chi connectivity index (χ2n) is 3.88. The molecule has 1 aromatic carbocycles. The highest BCUT2D eigenvalue weighted by Gasteiger charge is 2.11. The third kappa shape index (κ3) is 1.72. The largest absolute Gasteiger partial charge is 0.494 e. The SMILES string of the molecule is CCOc1ccc2nc3c(=O)cccc-3oc2c1. The van der Waals surface area contributed by atoms with Crippen LogP contribution in [0.2, 0.25) is 0 Å². The molecule has 0 N–H and O–H groups in total. The molecule has 0 unspecified atom stereocenters. The summed E-state index contributed by atoms with van der Waals surface area (Å²) in [4.78, 5) is 16.0. The molecule has 1 aromatic rings. The average Bonchev–Trinajstić information content (AvgIpc) is 2.38. The van der Waals surface area contributed by atoms with E-state index in [9.17, 15) is 4.79 Å². The molecule has 3 rings (SSSR count). The van der Waals surface area contributed by atoms with Gasteiger partial charge in [-0.15, -0.1) is 0 Å². The van der Waals surface area contributed by atoms with Crippen LogP contribution in [0.5, 0.6) is 5.75 Å². The zero-order chi connectivity index (χ0) is 12.5. The smallest absolute Gasteiger partial charge is 0.208 e. The van der Waals surface area contributed by atoms with Gasteiger partial charge in [0.1, 0.15) is 11.3 Å². The molecule has 0 fully saturated rings. The normalized spacial score (nSPS) is 10.9. The Labute approximate surface area is 103 Å². The number of para-hydroxylation sites is 1. The molecule has 0 radical (unpaired) electrons. The summed E-state index contributed by atoms with van der Waals surface area (Å²) in [6.07, 6.45) is 0. The van der Waals surface area contributed by atoms with Crippen LogP contribution in [0, 0.1) is 0 Å². The molecule has 0 saturated heterocycles. The third-order valence-corrected chi connectivity index (χ3v) is 2.66. The van der Waals surface area contributed by atoms with E-state index in [1.54, 1.807) is 24.3 Å². The molecule has 0 saturated carbocycles. The number of benzene rings is 2. The van der Waals surface area contributed by atoms with Gasteiger partial charge in [0.15, 0.2) is 17.0 Å². The van der Waals surface area contributed by atoms with Crippen molar-refractivity contribution < 1.29 is 9.15 Å². The van der Waals surface area contributed by atoms with E-state index >= 15 is 0 Å². The van der Waals surface area contributed by atoms with Gasteiger partial charge in [0.2, 0.25) is 5.43 Å². The lowest BCUT2D eigenvalue weighted by Crippen LogP contribution is -2.05. The number of fused-ring (bicyclic) bond motifs is 2. The molecular weight excluding hydrogens is 230 g/mol. The van der Waals surface area contributed by atoms with Gasteiger partial charge in [0.05, 0.1) is 6.61 Å². The summed E-state index contributed by atoms with van der Waals surface area (Å²) in [7, 11) is 0. The summed E-state index contributed by atoms with van der Waals surface area (Å²) in [5.74, 6) is 1.22. The Balaban J connectivity index is 2.29. The number of nitrogens with zero attached hydrogens (tertiary/aromatic N) is 1. The van der Waals surface area contributed by atoms with E-state index in [0.717, 1.165) is 5.75 Å². The zero-order valence-electron chi connectivity index (χ0n) is 9.84. The fraction of sp³-hybridized carbons (Fsp3) is 0.143. The Kier molecular flexibility index (Phi) is 2.48. The first-order valence-corrected chi connectivity index (χ1v) is 5.74. The summed E-state index contributed by atoms with van der Waals surface area (Å²) in [6, 6.07) is 10.3. The van der Waals surface area contributed by atoms with Crippen LogP contribution in [-0.2, 0) is 0 Å². The highest BCUT2D eigenvalue weighted by molar-refractivity contribution is 5.77. The van der Waals surface area contributed by atoms with Gasteiger partial charge >= 0.3 is 0 Å². The first-order chi connectivity index (χ1) is 8.78. The zero-order valence-corrected chi connectivity index (χ0v) is 9.84. The van der Waals surface area contributed by atoms with Gasteiger partial charge < -0.3 is 9.15 Å². The highest BCUT2D eigenvalue weighted by atomic mass is 16.5. The fourth-order valence-electron chi connectivity index (χ4n) is 1.86. The van der Waals surface area contributed by atoms with Crippen LogP contribution in [0.1, 0.15) is 6.92 Å². The summed E-state index contributed by atoms with van der Waals surface area (Å²) >= 11 is 0. The second kappa shape index (κ2) is 4.14. The summed E-state index contributed by atoms with van der Waals surface area (Å²) in [6.45, 7) is 2.51. The van der Waals surface area contributed by atoms with Crippen molar-refractivity contribution in [1.82, 2.24) is 4.98 Å². The van der Waals surface area contributed by atoms with E-state index in [-0.39, 0.29) is 5.43 Å². The van der Waals surface area contributed by atoms with Crippen molar-refractivity contribution in [1.29, 1.82) is 0 Å². The van der Waals surface area contributed by atoms with Crippen molar-refractivity contribution in [2.45, 2.75) is 6.92 Å². The lowest BCUT2D eigenvalue weighted by atomic mass is 10.2. The van der Waals surface area contributed by atoms with Crippen molar-refractivity contribution in [2.24, 2.45) is 0 Å². The highest BCUT2D eigenvalue weighted by Crippen LogP contribution is 2.25. The number of aromatic nitrogens is 1. The van der Waals surface area contributed by atoms with Crippen LogP contribution in [0.25, 0.3) is 22.6 Å². The molecule has 0 aromatic heterocycles. The van der Waals surface area contributed by atoms with E-state index in [4.69, 9.17) is 9.15 Å². The molecule has 1 aliphatic heterocycles. The van der Waals surface area contributed by atoms with Crippen molar-refractivity contribution in [3.8, 4) is 17.2 Å². The molecule has 4 nitrogen and oxygen atoms in total. The Morgan fingerprint density at radius 1 is 1.28 bits per heavy atom. The van der Waals surface area contributed by atoms with Crippen molar-refractivity contribution >= 4 is 11.1 Å². The van der Waals surface area contributed by atoms with Crippen molar-refractivity contribution in [3.63, 3.8) is 0 Å². The maximum atomic E-state index is 11.6. The molecule has 1 aliphatic carbocycles. The Morgan fingerprint density at radius 3 is 3.00 bits per heavy atom. The van der Waals surface area contributed by atoms with E-state index in [2.05, 4.69) is 4.98 Å². The third-order valence-electron chi connectivity index (χ3n) is 2.66. The number of ether oxygens (including phenoxy) is 1. The van der Waals surface area contributed by atoms with Crippen LogP contribution in [0.3, 0.4) is 0 Å². The van der Waals surface area contributed by atoms with Gasteiger partial charge in [-0.3, -0.25) is 4.79 Å². The number of hydrogen-bond acceptors (Lipinski definition) is 4. The first-order valence-electron chi connectivity index (χ1n) is 5.74. The summed E-state index contributed by atoms with van der Waals surface area (Å²) in [5.41, 5.74) is 1.48. The molecule has 2 aliphatic rings. The quantitative estimate of drug-likeness (QED) is 0.647. The van der Waals surface area contributed by atoms with Crippen LogP contribution in [0.15, 0.2) is 45.6 Å². The van der Waals surface area contributed by atoms with E-state index < -0.39 is 0 Å². The molecule has 0 spiro atoms. The predicted octanol–water partition coefficient (Wildman–Crippen LogP) is 2.69. The first kappa shape index (κ1) is 10.8. The van der Waals surface area contributed by atoms with Gasteiger partial charge in [0.25, 0.3) is 0 Å². The minimum Gasteiger partial charge on any atom is -0.494 e. The van der Waals surface area contributed by atoms with Gasteiger partial charge in [-0.05, 0) is 31.2 Å². The Bertz CT molecular complexity index is 733. The van der Waals surface area contributed by atoms with Gasteiger partial charge in [-0.1, -0.05) is 6.07 Å². The molecule has 18 heavy (non-hydrogen) atoms.